The number of amides is 1. The van der Waals surface area contributed by atoms with Gasteiger partial charge in [0, 0.05) is 17.9 Å². The topological polar surface area (TPSA) is 29.1 Å². The maximum Gasteiger partial charge on any atom is 0.220 e. The Kier molecular flexibility index (Phi) is 2.51. The summed E-state index contributed by atoms with van der Waals surface area (Å²) in [5.41, 5.74) is 1.81. The third-order valence-corrected chi connectivity index (χ3v) is 5.29. The van der Waals surface area contributed by atoms with Gasteiger partial charge in [-0.15, -0.1) is 0 Å². The van der Waals surface area contributed by atoms with E-state index in [1.807, 2.05) is 6.07 Å². The Balaban J connectivity index is 1.84. The van der Waals surface area contributed by atoms with E-state index in [9.17, 15) is 4.79 Å². The Morgan fingerprint density at radius 1 is 1.22 bits per heavy atom. The second-order valence-electron chi connectivity index (χ2n) is 6.46. The monoisotopic (exact) mass is 243 g/mol. The Morgan fingerprint density at radius 3 is 2.50 bits per heavy atom. The summed E-state index contributed by atoms with van der Waals surface area (Å²) in [5, 5.41) is 3.20. The van der Waals surface area contributed by atoms with Crippen LogP contribution in [0.1, 0.15) is 38.7 Å². The van der Waals surface area contributed by atoms with Gasteiger partial charge in [0.1, 0.15) is 0 Å². The summed E-state index contributed by atoms with van der Waals surface area (Å²) in [6, 6.07) is 10.8. The van der Waals surface area contributed by atoms with Crippen molar-refractivity contribution in [1.29, 1.82) is 0 Å². The number of carbonyl (C=O) groups is 1. The van der Waals surface area contributed by atoms with Gasteiger partial charge < -0.3 is 5.32 Å². The summed E-state index contributed by atoms with van der Waals surface area (Å²) in [7, 11) is 0. The molecule has 1 amide bonds. The fourth-order valence-corrected chi connectivity index (χ4v) is 3.38. The van der Waals surface area contributed by atoms with Gasteiger partial charge in [0.05, 0.1) is 0 Å². The van der Waals surface area contributed by atoms with Crippen molar-refractivity contribution in [2.24, 2.45) is 10.8 Å². The molecule has 1 aromatic carbocycles. The summed E-state index contributed by atoms with van der Waals surface area (Å²) < 4.78 is 0. The highest BCUT2D eigenvalue weighted by Crippen LogP contribution is 2.62. The molecule has 1 N–H and O–H groups in total. The predicted octanol–water partition coefficient (Wildman–Crippen LogP) is 2.92. The van der Waals surface area contributed by atoms with E-state index in [-0.39, 0.29) is 11.3 Å². The van der Waals surface area contributed by atoms with Gasteiger partial charge in [-0.2, -0.15) is 0 Å². The highest BCUT2D eigenvalue weighted by atomic mass is 16.2. The first kappa shape index (κ1) is 11.8. The predicted molar refractivity (Wildman–Crippen MR) is 72.1 cm³/mol. The lowest BCUT2D eigenvalue weighted by atomic mass is 9.68. The lowest BCUT2D eigenvalue weighted by molar-refractivity contribution is -0.120. The van der Waals surface area contributed by atoms with E-state index in [4.69, 9.17) is 0 Å². The van der Waals surface area contributed by atoms with Gasteiger partial charge in [0.15, 0.2) is 0 Å². The van der Waals surface area contributed by atoms with Gasteiger partial charge in [-0.25, -0.2) is 0 Å². The molecule has 0 radical (unpaired) electrons. The molecule has 2 fully saturated rings. The average Bonchev–Trinajstić information content (AvgIpc) is 3.02. The van der Waals surface area contributed by atoms with Gasteiger partial charge in [-0.1, -0.05) is 44.2 Å². The van der Waals surface area contributed by atoms with Crippen LogP contribution in [0, 0.1) is 10.8 Å². The maximum absolute atomic E-state index is 11.8. The van der Waals surface area contributed by atoms with Crippen molar-refractivity contribution in [3.8, 4) is 0 Å². The Labute approximate surface area is 109 Å². The molecule has 2 heteroatoms. The molecular weight excluding hydrogens is 222 g/mol. The van der Waals surface area contributed by atoms with Gasteiger partial charge in [-0.05, 0) is 30.2 Å². The summed E-state index contributed by atoms with van der Waals surface area (Å²) in [6.45, 7) is 4.64. The number of benzene rings is 1. The number of nitrogens with one attached hydrogen (secondary N) is 1. The van der Waals surface area contributed by atoms with Crippen LogP contribution in [0.4, 0.5) is 0 Å². The zero-order chi connectivity index (χ0) is 12.8. The zero-order valence-corrected chi connectivity index (χ0v) is 11.2. The van der Waals surface area contributed by atoms with Crippen molar-refractivity contribution < 1.29 is 4.79 Å². The first-order valence-electron chi connectivity index (χ1n) is 6.87. The Hall–Kier alpha value is -1.31. The fourth-order valence-electron chi connectivity index (χ4n) is 3.38. The third kappa shape index (κ3) is 1.75. The molecule has 2 nitrogen and oxygen atoms in total. The van der Waals surface area contributed by atoms with E-state index in [1.54, 1.807) is 0 Å². The van der Waals surface area contributed by atoms with Crippen LogP contribution in [0.15, 0.2) is 30.3 Å². The minimum absolute atomic E-state index is 0.125. The molecule has 0 aromatic heterocycles. The minimum atomic E-state index is 0.125. The maximum atomic E-state index is 11.8. The van der Waals surface area contributed by atoms with Crippen LogP contribution in [-0.4, -0.2) is 11.9 Å². The molecule has 1 aromatic rings. The molecule has 0 spiro atoms. The first-order chi connectivity index (χ1) is 8.53. The lowest BCUT2D eigenvalue weighted by Crippen LogP contribution is -2.42. The number of carbonyl (C=O) groups excluding carboxylic acids is 1. The minimum Gasteiger partial charge on any atom is -0.352 e. The van der Waals surface area contributed by atoms with Crippen LogP contribution in [0.3, 0.4) is 0 Å². The van der Waals surface area contributed by atoms with Crippen molar-refractivity contribution >= 4 is 5.91 Å². The summed E-state index contributed by atoms with van der Waals surface area (Å²) in [6.07, 6.45) is 4.19. The van der Waals surface area contributed by atoms with Gasteiger partial charge >= 0.3 is 0 Å². The standard InChI is InChI=1S/C16H21NO/c1-15(8-9-15)16(2)11-14(18)17-13(16)10-12-6-4-3-5-7-12/h3-7,13H,8-11H2,1-2H3,(H,17,18). The van der Waals surface area contributed by atoms with E-state index < -0.39 is 0 Å². The SMILES string of the molecule is CC1(C2(C)CC(=O)NC2Cc2ccccc2)CC1. The average molecular weight is 243 g/mol. The van der Waals surface area contributed by atoms with Crippen molar-refractivity contribution in [3.05, 3.63) is 35.9 Å². The van der Waals surface area contributed by atoms with Gasteiger partial charge in [-0.3, -0.25) is 4.79 Å². The normalized spacial score (nSPS) is 33.2. The Morgan fingerprint density at radius 2 is 1.89 bits per heavy atom. The molecule has 2 unspecified atom stereocenters. The summed E-state index contributed by atoms with van der Waals surface area (Å²) >= 11 is 0. The quantitative estimate of drug-likeness (QED) is 0.869. The van der Waals surface area contributed by atoms with Gasteiger partial charge in [0.25, 0.3) is 0 Å². The second-order valence-corrected chi connectivity index (χ2v) is 6.46. The molecule has 0 bridgehead atoms. The van der Waals surface area contributed by atoms with Crippen LogP contribution < -0.4 is 5.32 Å². The van der Waals surface area contributed by atoms with Crippen molar-refractivity contribution in [3.63, 3.8) is 0 Å². The molecule has 1 aliphatic carbocycles. The van der Waals surface area contributed by atoms with Crippen molar-refractivity contribution in [2.75, 3.05) is 0 Å². The highest BCUT2D eigenvalue weighted by molar-refractivity contribution is 5.80. The molecule has 3 rings (SSSR count). The van der Waals surface area contributed by atoms with Crippen LogP contribution in [0.2, 0.25) is 0 Å². The smallest absolute Gasteiger partial charge is 0.220 e. The van der Waals surface area contributed by atoms with Crippen LogP contribution in [0.5, 0.6) is 0 Å². The molecule has 1 saturated heterocycles. The van der Waals surface area contributed by atoms with E-state index >= 15 is 0 Å². The molecule has 1 heterocycles. The molecule has 2 atom stereocenters. The van der Waals surface area contributed by atoms with E-state index in [1.165, 1.54) is 18.4 Å². The largest absolute Gasteiger partial charge is 0.352 e. The van der Waals surface area contributed by atoms with Crippen LogP contribution in [-0.2, 0) is 11.2 Å². The highest BCUT2D eigenvalue weighted by Gasteiger charge is 2.59. The molecule has 2 aliphatic rings. The third-order valence-electron chi connectivity index (χ3n) is 5.29. The van der Waals surface area contributed by atoms with Crippen LogP contribution in [0.25, 0.3) is 0 Å². The summed E-state index contributed by atoms with van der Waals surface area (Å²) in [4.78, 5) is 11.8. The van der Waals surface area contributed by atoms with E-state index in [2.05, 4.69) is 43.4 Å². The Bertz CT molecular complexity index is 463. The number of hydrogen-bond acceptors (Lipinski definition) is 1. The van der Waals surface area contributed by atoms with Crippen molar-refractivity contribution in [2.45, 2.75) is 45.6 Å². The molecule has 18 heavy (non-hydrogen) atoms. The molecule has 1 saturated carbocycles. The molecule has 96 valence electrons. The molecule has 1 aliphatic heterocycles. The number of hydrogen-bond donors (Lipinski definition) is 1. The van der Waals surface area contributed by atoms with Crippen molar-refractivity contribution in [1.82, 2.24) is 5.32 Å². The zero-order valence-electron chi connectivity index (χ0n) is 11.2. The van der Waals surface area contributed by atoms with E-state index in [0.29, 0.717) is 17.9 Å². The number of rotatable bonds is 3. The fraction of sp³-hybridized carbons (Fsp3) is 0.562. The molecular formula is C16H21NO. The van der Waals surface area contributed by atoms with E-state index in [0.717, 1.165) is 6.42 Å². The van der Waals surface area contributed by atoms with Gasteiger partial charge in [0.2, 0.25) is 5.91 Å². The lowest BCUT2D eigenvalue weighted by Gasteiger charge is -2.36. The first-order valence-corrected chi connectivity index (χ1v) is 6.87. The second kappa shape index (κ2) is 3.84. The summed E-state index contributed by atoms with van der Waals surface area (Å²) in [5.74, 6) is 0.228. The van der Waals surface area contributed by atoms with Crippen LogP contribution >= 0.6 is 0 Å².